The maximum atomic E-state index is 12.9. The Morgan fingerprint density at radius 1 is 1.12 bits per heavy atom. The molecule has 0 bridgehead atoms. The highest BCUT2D eigenvalue weighted by Gasteiger charge is 2.24. The summed E-state index contributed by atoms with van der Waals surface area (Å²) < 4.78 is 17.8. The smallest absolute Gasteiger partial charge is 0.253 e. The summed E-state index contributed by atoms with van der Waals surface area (Å²) in [7, 11) is 1.61. The molecular weight excluding hydrogens is 337 g/mol. The van der Waals surface area contributed by atoms with E-state index in [1.807, 2.05) is 0 Å². The van der Waals surface area contributed by atoms with Crippen molar-refractivity contribution in [3.05, 3.63) is 35.6 Å². The lowest BCUT2D eigenvalue weighted by Gasteiger charge is -2.35. The van der Waals surface area contributed by atoms with Gasteiger partial charge in [0.05, 0.1) is 13.2 Å². The predicted molar refractivity (Wildman–Crippen MR) is 90.9 cm³/mol. The third-order valence-corrected chi connectivity index (χ3v) is 3.77. The summed E-state index contributed by atoms with van der Waals surface area (Å²) in [6.07, 6.45) is 0. The zero-order chi connectivity index (χ0) is 16.7. The number of piperazine rings is 1. The Bertz CT molecular complexity index is 534. The molecule has 134 valence electrons. The number of halogens is 2. The number of amides is 2. The minimum absolute atomic E-state index is 0. The van der Waals surface area contributed by atoms with Crippen LogP contribution in [0.2, 0.25) is 0 Å². The molecule has 0 spiro atoms. The fraction of sp³-hybridized carbons (Fsp3) is 0.500. The fourth-order valence-electron chi connectivity index (χ4n) is 2.42. The van der Waals surface area contributed by atoms with Gasteiger partial charge in [-0.15, -0.1) is 12.4 Å². The molecule has 1 heterocycles. The van der Waals surface area contributed by atoms with Crippen LogP contribution in [0.4, 0.5) is 4.39 Å². The summed E-state index contributed by atoms with van der Waals surface area (Å²) in [5.41, 5.74) is 0.465. The topological polar surface area (TPSA) is 61.9 Å². The van der Waals surface area contributed by atoms with Crippen LogP contribution in [0.15, 0.2) is 24.3 Å². The van der Waals surface area contributed by atoms with Crippen molar-refractivity contribution >= 4 is 24.2 Å². The second-order valence-corrected chi connectivity index (χ2v) is 5.35. The van der Waals surface area contributed by atoms with E-state index >= 15 is 0 Å². The molecular formula is C16H23ClFN3O3. The molecule has 1 aliphatic rings. The Kier molecular flexibility index (Phi) is 8.67. The van der Waals surface area contributed by atoms with Crippen LogP contribution in [0.25, 0.3) is 0 Å². The summed E-state index contributed by atoms with van der Waals surface area (Å²) in [5, 5.41) is 3.02. The highest BCUT2D eigenvalue weighted by molar-refractivity contribution is 5.94. The maximum absolute atomic E-state index is 12.9. The zero-order valence-electron chi connectivity index (χ0n) is 13.7. The van der Waals surface area contributed by atoms with E-state index in [4.69, 9.17) is 4.74 Å². The number of methoxy groups -OCH3 is 1. The van der Waals surface area contributed by atoms with E-state index in [2.05, 4.69) is 5.32 Å². The summed E-state index contributed by atoms with van der Waals surface area (Å²) >= 11 is 0. The normalized spacial score (nSPS) is 14.2. The Hall–Kier alpha value is -1.70. The van der Waals surface area contributed by atoms with Gasteiger partial charge in [-0.1, -0.05) is 0 Å². The molecule has 1 aromatic carbocycles. The van der Waals surface area contributed by atoms with Crippen molar-refractivity contribution in [3.8, 4) is 0 Å². The first kappa shape index (κ1) is 20.3. The van der Waals surface area contributed by atoms with Crippen molar-refractivity contribution < 1.29 is 18.7 Å². The number of ether oxygens (including phenoxy) is 1. The van der Waals surface area contributed by atoms with Crippen LogP contribution >= 0.6 is 12.4 Å². The lowest BCUT2D eigenvalue weighted by molar-refractivity contribution is -0.131. The minimum Gasteiger partial charge on any atom is -0.383 e. The SMILES string of the molecule is COCCNCC(=O)N1CCN(C(=O)c2ccc(F)cc2)CC1.Cl. The van der Waals surface area contributed by atoms with Gasteiger partial charge in [0.15, 0.2) is 0 Å². The van der Waals surface area contributed by atoms with Crippen LogP contribution in [0.5, 0.6) is 0 Å². The molecule has 24 heavy (non-hydrogen) atoms. The second-order valence-electron chi connectivity index (χ2n) is 5.35. The van der Waals surface area contributed by atoms with Gasteiger partial charge < -0.3 is 19.9 Å². The lowest BCUT2D eigenvalue weighted by Crippen LogP contribution is -2.52. The molecule has 2 rings (SSSR count). The summed E-state index contributed by atoms with van der Waals surface area (Å²) in [6, 6.07) is 5.52. The zero-order valence-corrected chi connectivity index (χ0v) is 14.5. The number of hydrogen-bond donors (Lipinski definition) is 1. The van der Waals surface area contributed by atoms with Crippen molar-refractivity contribution in [1.29, 1.82) is 0 Å². The molecule has 1 fully saturated rings. The Balaban J connectivity index is 0.00000288. The number of rotatable bonds is 6. The highest BCUT2D eigenvalue weighted by atomic mass is 35.5. The number of nitrogens with zero attached hydrogens (tertiary/aromatic N) is 2. The van der Waals surface area contributed by atoms with Gasteiger partial charge in [0.2, 0.25) is 5.91 Å². The molecule has 1 saturated heterocycles. The molecule has 0 radical (unpaired) electrons. The standard InChI is InChI=1S/C16H22FN3O3.ClH/c1-23-11-6-18-12-15(21)19-7-9-20(10-8-19)16(22)13-2-4-14(17)5-3-13;/h2-5,18H,6-12H2,1H3;1H. The molecule has 0 aromatic heterocycles. The molecule has 1 aliphatic heterocycles. The van der Waals surface area contributed by atoms with Gasteiger partial charge in [-0.2, -0.15) is 0 Å². The van der Waals surface area contributed by atoms with E-state index in [1.54, 1.807) is 16.9 Å². The molecule has 0 aliphatic carbocycles. The van der Waals surface area contributed by atoms with Gasteiger partial charge in [-0.05, 0) is 24.3 Å². The molecule has 2 amide bonds. The van der Waals surface area contributed by atoms with E-state index in [0.717, 1.165) is 0 Å². The first-order chi connectivity index (χ1) is 11.1. The number of benzene rings is 1. The third kappa shape index (κ3) is 5.74. The number of carbonyl (C=O) groups is 2. The van der Waals surface area contributed by atoms with Crippen molar-refractivity contribution in [2.45, 2.75) is 0 Å². The Morgan fingerprint density at radius 2 is 1.71 bits per heavy atom. The molecule has 0 saturated carbocycles. The van der Waals surface area contributed by atoms with Gasteiger partial charge in [0, 0.05) is 45.4 Å². The molecule has 8 heteroatoms. The van der Waals surface area contributed by atoms with Gasteiger partial charge in [0.1, 0.15) is 5.82 Å². The van der Waals surface area contributed by atoms with Gasteiger partial charge >= 0.3 is 0 Å². The molecule has 1 N–H and O–H groups in total. The first-order valence-electron chi connectivity index (χ1n) is 7.64. The van der Waals surface area contributed by atoms with Crippen LogP contribution in [0, 0.1) is 5.82 Å². The Morgan fingerprint density at radius 3 is 2.29 bits per heavy atom. The van der Waals surface area contributed by atoms with E-state index in [1.165, 1.54) is 24.3 Å². The second kappa shape index (κ2) is 10.2. The predicted octanol–water partition coefficient (Wildman–Crippen LogP) is 0.768. The maximum Gasteiger partial charge on any atom is 0.253 e. The first-order valence-corrected chi connectivity index (χ1v) is 7.64. The average Bonchev–Trinajstić information content (AvgIpc) is 2.59. The quantitative estimate of drug-likeness (QED) is 0.762. The van der Waals surface area contributed by atoms with E-state index < -0.39 is 0 Å². The van der Waals surface area contributed by atoms with Gasteiger partial charge in [-0.3, -0.25) is 9.59 Å². The molecule has 0 atom stereocenters. The molecule has 6 nitrogen and oxygen atoms in total. The van der Waals surface area contributed by atoms with Crippen LogP contribution in [-0.2, 0) is 9.53 Å². The minimum atomic E-state index is -0.363. The number of hydrogen-bond acceptors (Lipinski definition) is 4. The highest BCUT2D eigenvalue weighted by Crippen LogP contribution is 2.10. The van der Waals surface area contributed by atoms with E-state index in [0.29, 0.717) is 44.9 Å². The molecule has 0 unspecified atom stereocenters. The number of nitrogens with one attached hydrogen (secondary N) is 1. The van der Waals surface area contributed by atoms with E-state index in [9.17, 15) is 14.0 Å². The van der Waals surface area contributed by atoms with Crippen molar-refractivity contribution in [1.82, 2.24) is 15.1 Å². The van der Waals surface area contributed by atoms with Crippen LogP contribution in [0.3, 0.4) is 0 Å². The fourth-order valence-corrected chi connectivity index (χ4v) is 2.42. The van der Waals surface area contributed by atoms with Crippen LogP contribution in [0.1, 0.15) is 10.4 Å². The summed E-state index contributed by atoms with van der Waals surface area (Å²) in [5.74, 6) is -0.469. The largest absolute Gasteiger partial charge is 0.383 e. The molecule has 1 aromatic rings. The van der Waals surface area contributed by atoms with Gasteiger partial charge in [-0.25, -0.2) is 4.39 Å². The average molecular weight is 360 g/mol. The van der Waals surface area contributed by atoms with Gasteiger partial charge in [0.25, 0.3) is 5.91 Å². The third-order valence-electron chi connectivity index (χ3n) is 3.77. The number of carbonyl (C=O) groups excluding carboxylic acids is 2. The summed E-state index contributed by atoms with van der Waals surface area (Å²) in [4.78, 5) is 27.8. The van der Waals surface area contributed by atoms with Crippen molar-refractivity contribution in [3.63, 3.8) is 0 Å². The van der Waals surface area contributed by atoms with Crippen LogP contribution in [-0.4, -0.2) is 74.6 Å². The van der Waals surface area contributed by atoms with Crippen LogP contribution < -0.4 is 5.32 Å². The monoisotopic (exact) mass is 359 g/mol. The van der Waals surface area contributed by atoms with Crippen molar-refractivity contribution in [2.24, 2.45) is 0 Å². The Labute approximate surface area is 147 Å². The lowest BCUT2D eigenvalue weighted by atomic mass is 10.2. The van der Waals surface area contributed by atoms with E-state index in [-0.39, 0.29) is 36.6 Å². The summed E-state index contributed by atoms with van der Waals surface area (Å²) in [6.45, 7) is 3.46. The van der Waals surface area contributed by atoms with Crippen molar-refractivity contribution in [2.75, 3.05) is 53.0 Å².